The van der Waals surface area contributed by atoms with Crippen LogP contribution in [0.4, 0.5) is 17.3 Å². The van der Waals surface area contributed by atoms with Crippen LogP contribution in [0.1, 0.15) is 0 Å². The molecule has 0 amide bonds. The number of anilines is 3. The summed E-state index contributed by atoms with van der Waals surface area (Å²) in [7, 11) is 4.69. The summed E-state index contributed by atoms with van der Waals surface area (Å²) in [4.78, 5) is 15.9. The van der Waals surface area contributed by atoms with Gasteiger partial charge in [-0.2, -0.15) is 0 Å². The number of pyridine rings is 1. The maximum Gasteiger partial charge on any atom is 0.203 e. The van der Waals surface area contributed by atoms with Gasteiger partial charge in [0.05, 0.1) is 40.7 Å². The minimum atomic E-state index is 0.476. The molecule has 3 heterocycles. The molecular formula is C23H29N7O4S. The number of nitrogens with zero attached hydrogens (tertiary/aromatic N) is 4. The lowest BCUT2D eigenvalue weighted by atomic mass is 10.2. The molecule has 1 aliphatic rings. The molecule has 0 spiro atoms. The van der Waals surface area contributed by atoms with Crippen molar-refractivity contribution < 1.29 is 18.9 Å². The summed E-state index contributed by atoms with van der Waals surface area (Å²) in [6, 6.07) is 7.25. The van der Waals surface area contributed by atoms with Crippen LogP contribution in [0.15, 0.2) is 30.5 Å². The number of aromatic nitrogens is 3. The fourth-order valence-electron chi connectivity index (χ4n) is 3.64. The van der Waals surface area contributed by atoms with Crippen LogP contribution < -0.4 is 30.2 Å². The van der Waals surface area contributed by atoms with E-state index in [0.29, 0.717) is 50.8 Å². The van der Waals surface area contributed by atoms with Gasteiger partial charge in [-0.05, 0) is 24.4 Å². The zero-order chi connectivity index (χ0) is 24.6. The first-order valence-corrected chi connectivity index (χ1v) is 11.6. The minimum absolute atomic E-state index is 0.476. The Bertz CT molecular complexity index is 1150. The Hall–Kier alpha value is -3.48. The largest absolute Gasteiger partial charge is 0.493 e. The lowest BCUT2D eigenvalue weighted by Gasteiger charge is -2.26. The van der Waals surface area contributed by atoms with Gasteiger partial charge in [0.25, 0.3) is 0 Å². The molecule has 12 heteroatoms. The average molecular weight is 500 g/mol. The summed E-state index contributed by atoms with van der Waals surface area (Å²) in [6.07, 6.45) is 1.64. The Labute approximate surface area is 209 Å². The van der Waals surface area contributed by atoms with Crippen LogP contribution in [0.2, 0.25) is 0 Å². The molecule has 1 fully saturated rings. The highest BCUT2D eigenvalue weighted by Crippen LogP contribution is 2.40. The van der Waals surface area contributed by atoms with Gasteiger partial charge in [0.15, 0.2) is 28.1 Å². The summed E-state index contributed by atoms with van der Waals surface area (Å²) in [5.74, 6) is 2.67. The number of benzene rings is 1. The highest BCUT2D eigenvalue weighted by Gasteiger charge is 2.14. The van der Waals surface area contributed by atoms with Crippen LogP contribution in [0.3, 0.4) is 0 Å². The summed E-state index contributed by atoms with van der Waals surface area (Å²) < 4.78 is 21.6. The number of thiocarbonyl (C=S) groups is 1. The normalized spacial score (nSPS) is 13.8. The van der Waals surface area contributed by atoms with Gasteiger partial charge in [-0.15, -0.1) is 0 Å². The molecular weight excluding hydrogens is 470 g/mol. The van der Waals surface area contributed by atoms with Gasteiger partial charge in [0, 0.05) is 44.0 Å². The monoisotopic (exact) mass is 499 g/mol. The highest BCUT2D eigenvalue weighted by atomic mass is 32.1. The quantitative estimate of drug-likeness (QED) is 0.376. The average Bonchev–Trinajstić information content (AvgIpc) is 2.88. The van der Waals surface area contributed by atoms with Crippen LogP contribution in [0.25, 0.3) is 11.2 Å². The number of ether oxygens (including phenoxy) is 4. The van der Waals surface area contributed by atoms with Crippen molar-refractivity contribution in [2.75, 3.05) is 71.4 Å². The van der Waals surface area contributed by atoms with Crippen molar-refractivity contribution in [3.8, 4) is 17.2 Å². The lowest BCUT2D eigenvalue weighted by Crippen LogP contribution is -2.42. The van der Waals surface area contributed by atoms with Crippen molar-refractivity contribution in [3.05, 3.63) is 30.5 Å². The number of methoxy groups -OCH3 is 3. The Kier molecular flexibility index (Phi) is 8.29. The smallest absolute Gasteiger partial charge is 0.203 e. The maximum absolute atomic E-state index is 5.42. The van der Waals surface area contributed by atoms with Crippen molar-refractivity contribution in [1.82, 2.24) is 25.2 Å². The molecule has 186 valence electrons. The van der Waals surface area contributed by atoms with Crippen LogP contribution in [0.5, 0.6) is 17.2 Å². The van der Waals surface area contributed by atoms with E-state index in [1.54, 1.807) is 39.7 Å². The SMILES string of the molecule is COc1cc(Nc2cnc3ccc(NC(=S)NCCN4CCOCC4)nc3n2)cc(OC)c1OC. The van der Waals surface area contributed by atoms with Crippen LogP contribution in [-0.2, 0) is 4.74 Å². The van der Waals surface area contributed by atoms with E-state index < -0.39 is 0 Å². The van der Waals surface area contributed by atoms with Gasteiger partial charge in [-0.3, -0.25) is 4.90 Å². The molecule has 4 rings (SSSR count). The van der Waals surface area contributed by atoms with Crippen molar-refractivity contribution in [2.45, 2.75) is 0 Å². The van der Waals surface area contributed by atoms with E-state index >= 15 is 0 Å². The third-order valence-corrected chi connectivity index (χ3v) is 5.65. The second-order valence-corrected chi connectivity index (χ2v) is 8.08. The molecule has 1 saturated heterocycles. The first-order valence-electron chi connectivity index (χ1n) is 11.2. The van der Waals surface area contributed by atoms with Gasteiger partial charge < -0.3 is 34.9 Å². The third-order valence-electron chi connectivity index (χ3n) is 5.40. The maximum atomic E-state index is 5.42. The van der Waals surface area contributed by atoms with E-state index in [-0.39, 0.29) is 0 Å². The number of morpholine rings is 1. The Morgan fingerprint density at radius 1 is 1.03 bits per heavy atom. The zero-order valence-corrected chi connectivity index (χ0v) is 20.8. The topological polar surface area (TPSA) is 115 Å². The number of nitrogens with one attached hydrogen (secondary N) is 3. The Morgan fingerprint density at radius 3 is 2.43 bits per heavy atom. The molecule has 2 aromatic heterocycles. The number of rotatable bonds is 9. The van der Waals surface area contributed by atoms with Gasteiger partial charge in [0.1, 0.15) is 11.3 Å². The van der Waals surface area contributed by atoms with Crippen LogP contribution >= 0.6 is 12.2 Å². The fourth-order valence-corrected chi connectivity index (χ4v) is 3.85. The van der Waals surface area contributed by atoms with E-state index in [9.17, 15) is 0 Å². The predicted octanol–water partition coefficient (Wildman–Crippen LogP) is 2.41. The van der Waals surface area contributed by atoms with E-state index in [2.05, 4.69) is 35.8 Å². The van der Waals surface area contributed by atoms with Gasteiger partial charge in [-0.1, -0.05) is 0 Å². The predicted molar refractivity (Wildman–Crippen MR) is 138 cm³/mol. The zero-order valence-electron chi connectivity index (χ0n) is 20.0. The molecule has 0 unspecified atom stereocenters. The minimum Gasteiger partial charge on any atom is -0.493 e. The first-order chi connectivity index (χ1) is 17.1. The van der Waals surface area contributed by atoms with Gasteiger partial charge in [0.2, 0.25) is 5.75 Å². The Morgan fingerprint density at radius 2 is 1.74 bits per heavy atom. The molecule has 1 aromatic carbocycles. The van der Waals surface area contributed by atoms with Crippen molar-refractivity contribution in [1.29, 1.82) is 0 Å². The molecule has 3 aromatic rings. The van der Waals surface area contributed by atoms with E-state index in [4.69, 9.17) is 31.2 Å². The molecule has 1 aliphatic heterocycles. The van der Waals surface area contributed by atoms with Crippen LogP contribution in [-0.4, -0.2) is 85.7 Å². The van der Waals surface area contributed by atoms with E-state index in [1.165, 1.54) is 0 Å². The fraction of sp³-hybridized carbons (Fsp3) is 0.391. The molecule has 0 radical (unpaired) electrons. The molecule has 11 nitrogen and oxygen atoms in total. The van der Waals surface area contributed by atoms with Crippen LogP contribution in [0, 0.1) is 0 Å². The molecule has 0 bridgehead atoms. The summed E-state index contributed by atoms with van der Waals surface area (Å²) >= 11 is 5.42. The highest BCUT2D eigenvalue weighted by molar-refractivity contribution is 7.80. The number of fused-ring (bicyclic) bond motifs is 1. The molecule has 0 saturated carbocycles. The first kappa shape index (κ1) is 24.6. The second kappa shape index (κ2) is 11.8. The second-order valence-electron chi connectivity index (χ2n) is 7.67. The standard InChI is InChI=1S/C23H29N7O4S/c1-31-17-12-15(13-18(32-2)21(17)33-3)26-20-14-25-16-4-5-19(27-22(16)28-20)29-23(35)24-6-7-30-8-10-34-11-9-30/h4-5,12-14H,6-11H2,1-3H3,(H3,24,26,27,28,29,35). The van der Waals surface area contributed by atoms with E-state index in [0.717, 1.165) is 39.4 Å². The lowest BCUT2D eigenvalue weighted by molar-refractivity contribution is 0.0389. The third kappa shape index (κ3) is 6.35. The number of hydrogen-bond donors (Lipinski definition) is 3. The molecule has 3 N–H and O–H groups in total. The van der Waals surface area contributed by atoms with Gasteiger partial charge >= 0.3 is 0 Å². The number of hydrogen-bond acceptors (Lipinski definition) is 10. The van der Waals surface area contributed by atoms with Gasteiger partial charge in [-0.25, -0.2) is 15.0 Å². The Balaban J connectivity index is 1.42. The van der Waals surface area contributed by atoms with Crippen molar-refractivity contribution >= 4 is 45.8 Å². The molecule has 35 heavy (non-hydrogen) atoms. The van der Waals surface area contributed by atoms with Crippen molar-refractivity contribution in [2.24, 2.45) is 0 Å². The summed E-state index contributed by atoms with van der Waals surface area (Å²) in [5.41, 5.74) is 1.84. The summed E-state index contributed by atoms with van der Waals surface area (Å²) in [5, 5.41) is 10.1. The molecule has 0 aliphatic carbocycles. The summed E-state index contributed by atoms with van der Waals surface area (Å²) in [6.45, 7) is 5.08. The molecule has 0 atom stereocenters. The van der Waals surface area contributed by atoms with E-state index in [1.807, 2.05) is 12.1 Å². The van der Waals surface area contributed by atoms with Crippen molar-refractivity contribution in [3.63, 3.8) is 0 Å².